The molecule has 0 aromatic carbocycles. The Balaban J connectivity index is 3.19. The molecule has 2 nitrogen and oxygen atoms in total. The van der Waals surface area contributed by atoms with Gasteiger partial charge < -0.3 is 11.1 Å². The van der Waals surface area contributed by atoms with Crippen LogP contribution in [0.5, 0.6) is 0 Å². The van der Waals surface area contributed by atoms with E-state index in [1.165, 1.54) is 51.6 Å². The van der Waals surface area contributed by atoms with Crippen molar-refractivity contribution in [3.8, 4) is 0 Å². The lowest BCUT2D eigenvalue weighted by Gasteiger charge is -2.13. The zero-order valence-corrected chi connectivity index (χ0v) is 12.5. The Labute approximate surface area is 109 Å². The number of hydrogen-bond acceptors (Lipinski definition) is 2. The Morgan fingerprint density at radius 2 is 1.59 bits per heavy atom. The highest BCUT2D eigenvalue weighted by Crippen LogP contribution is 2.08. The van der Waals surface area contributed by atoms with Gasteiger partial charge in [-0.3, -0.25) is 0 Å². The summed E-state index contributed by atoms with van der Waals surface area (Å²) in [5.74, 6) is 1.64. The SMILES string of the molecule is CC(C)CCCCNCC(C)CCCC(C)N. The summed E-state index contributed by atoms with van der Waals surface area (Å²) in [4.78, 5) is 0. The molecule has 2 unspecified atom stereocenters. The van der Waals surface area contributed by atoms with Gasteiger partial charge in [0.2, 0.25) is 0 Å². The standard InChI is InChI=1S/C15H34N2/c1-13(2)8-5-6-11-17-12-14(3)9-7-10-15(4)16/h13-15,17H,5-12,16H2,1-4H3. The van der Waals surface area contributed by atoms with E-state index in [4.69, 9.17) is 5.73 Å². The molecule has 104 valence electrons. The molecule has 0 radical (unpaired) electrons. The van der Waals surface area contributed by atoms with E-state index in [1.807, 2.05) is 0 Å². The maximum Gasteiger partial charge on any atom is 0.00104 e. The summed E-state index contributed by atoms with van der Waals surface area (Å²) in [5, 5.41) is 3.57. The first-order chi connectivity index (χ1) is 8.02. The summed E-state index contributed by atoms with van der Waals surface area (Å²) in [6.45, 7) is 11.4. The topological polar surface area (TPSA) is 38.0 Å². The zero-order valence-electron chi connectivity index (χ0n) is 12.5. The van der Waals surface area contributed by atoms with Crippen LogP contribution in [0.15, 0.2) is 0 Å². The van der Waals surface area contributed by atoms with Gasteiger partial charge in [0.15, 0.2) is 0 Å². The van der Waals surface area contributed by atoms with Crippen LogP contribution in [-0.4, -0.2) is 19.1 Å². The molecule has 17 heavy (non-hydrogen) atoms. The van der Waals surface area contributed by atoms with Crippen molar-refractivity contribution >= 4 is 0 Å². The van der Waals surface area contributed by atoms with Crippen molar-refractivity contribution in [1.29, 1.82) is 0 Å². The molecule has 0 fully saturated rings. The first-order valence-corrected chi connectivity index (χ1v) is 7.48. The largest absolute Gasteiger partial charge is 0.328 e. The summed E-state index contributed by atoms with van der Waals surface area (Å²) in [5.41, 5.74) is 5.74. The molecule has 3 N–H and O–H groups in total. The lowest BCUT2D eigenvalue weighted by Crippen LogP contribution is -2.23. The maximum atomic E-state index is 5.74. The Morgan fingerprint density at radius 3 is 2.18 bits per heavy atom. The lowest BCUT2D eigenvalue weighted by atomic mass is 10.0. The van der Waals surface area contributed by atoms with E-state index in [2.05, 4.69) is 33.0 Å². The maximum absolute atomic E-state index is 5.74. The number of hydrogen-bond donors (Lipinski definition) is 2. The molecule has 0 heterocycles. The zero-order chi connectivity index (χ0) is 13.1. The molecule has 0 aromatic rings. The number of unbranched alkanes of at least 4 members (excludes halogenated alkanes) is 1. The van der Waals surface area contributed by atoms with Crippen LogP contribution in [0.4, 0.5) is 0 Å². The van der Waals surface area contributed by atoms with Crippen molar-refractivity contribution < 1.29 is 0 Å². The molecular weight excluding hydrogens is 208 g/mol. The van der Waals surface area contributed by atoms with Crippen molar-refractivity contribution in [3.05, 3.63) is 0 Å². The minimum absolute atomic E-state index is 0.367. The van der Waals surface area contributed by atoms with Crippen LogP contribution >= 0.6 is 0 Å². The Hall–Kier alpha value is -0.0800. The van der Waals surface area contributed by atoms with Gasteiger partial charge in [-0.1, -0.05) is 40.0 Å². The van der Waals surface area contributed by atoms with Crippen LogP contribution in [0.3, 0.4) is 0 Å². The fourth-order valence-electron chi connectivity index (χ4n) is 2.04. The van der Waals surface area contributed by atoms with E-state index in [9.17, 15) is 0 Å². The van der Waals surface area contributed by atoms with Crippen LogP contribution in [0.25, 0.3) is 0 Å². The van der Waals surface area contributed by atoms with Crippen LogP contribution in [0, 0.1) is 11.8 Å². The minimum atomic E-state index is 0.367. The Bertz CT molecular complexity index is 155. The van der Waals surface area contributed by atoms with E-state index in [1.54, 1.807) is 0 Å². The van der Waals surface area contributed by atoms with Crippen molar-refractivity contribution in [1.82, 2.24) is 5.32 Å². The Morgan fingerprint density at radius 1 is 0.882 bits per heavy atom. The summed E-state index contributed by atoms with van der Waals surface area (Å²) in [7, 11) is 0. The summed E-state index contributed by atoms with van der Waals surface area (Å²) >= 11 is 0. The van der Waals surface area contributed by atoms with Crippen LogP contribution < -0.4 is 11.1 Å². The van der Waals surface area contributed by atoms with Gasteiger partial charge in [0.05, 0.1) is 0 Å². The minimum Gasteiger partial charge on any atom is -0.328 e. The first-order valence-electron chi connectivity index (χ1n) is 7.48. The number of nitrogens with one attached hydrogen (secondary N) is 1. The quantitative estimate of drug-likeness (QED) is 0.544. The monoisotopic (exact) mass is 242 g/mol. The van der Waals surface area contributed by atoms with E-state index < -0.39 is 0 Å². The second kappa shape index (κ2) is 11.0. The first kappa shape index (κ1) is 16.9. The molecular formula is C15H34N2. The molecule has 0 saturated heterocycles. The van der Waals surface area contributed by atoms with Crippen molar-refractivity contribution in [3.63, 3.8) is 0 Å². The normalized spacial score (nSPS) is 15.2. The van der Waals surface area contributed by atoms with E-state index >= 15 is 0 Å². The highest BCUT2D eigenvalue weighted by Gasteiger charge is 2.02. The van der Waals surface area contributed by atoms with Gasteiger partial charge in [-0.15, -0.1) is 0 Å². The molecule has 0 saturated carbocycles. The molecule has 2 heteroatoms. The van der Waals surface area contributed by atoms with Crippen molar-refractivity contribution in [2.75, 3.05) is 13.1 Å². The molecule has 0 bridgehead atoms. The Kier molecular flexibility index (Phi) is 11.0. The van der Waals surface area contributed by atoms with Crippen LogP contribution in [-0.2, 0) is 0 Å². The summed E-state index contributed by atoms with van der Waals surface area (Å²) < 4.78 is 0. The third kappa shape index (κ3) is 13.9. The lowest BCUT2D eigenvalue weighted by molar-refractivity contribution is 0.439. The van der Waals surface area contributed by atoms with Crippen LogP contribution in [0.2, 0.25) is 0 Å². The van der Waals surface area contributed by atoms with Crippen LogP contribution in [0.1, 0.15) is 66.2 Å². The molecule has 0 aliphatic rings. The number of rotatable bonds is 11. The van der Waals surface area contributed by atoms with Crippen molar-refractivity contribution in [2.24, 2.45) is 17.6 Å². The van der Waals surface area contributed by atoms with Gasteiger partial charge in [0.1, 0.15) is 0 Å². The molecule has 0 rings (SSSR count). The van der Waals surface area contributed by atoms with Gasteiger partial charge >= 0.3 is 0 Å². The predicted molar refractivity (Wildman–Crippen MR) is 78.2 cm³/mol. The molecule has 0 aromatic heterocycles. The average Bonchev–Trinajstić information content (AvgIpc) is 2.22. The molecule has 0 aliphatic heterocycles. The predicted octanol–water partition coefficient (Wildman–Crippen LogP) is 3.56. The molecule has 2 atom stereocenters. The highest BCUT2D eigenvalue weighted by molar-refractivity contribution is 4.60. The average molecular weight is 242 g/mol. The third-order valence-corrected chi connectivity index (χ3v) is 3.23. The van der Waals surface area contributed by atoms with Gasteiger partial charge in [0.25, 0.3) is 0 Å². The fraction of sp³-hybridized carbons (Fsp3) is 1.00. The van der Waals surface area contributed by atoms with Crippen molar-refractivity contribution in [2.45, 2.75) is 72.3 Å². The highest BCUT2D eigenvalue weighted by atomic mass is 14.8. The molecule has 0 amide bonds. The van der Waals surface area contributed by atoms with E-state index in [0.717, 1.165) is 11.8 Å². The summed E-state index contributed by atoms with van der Waals surface area (Å²) in [6, 6.07) is 0.367. The number of nitrogens with two attached hydrogens (primary N) is 1. The molecule has 0 spiro atoms. The van der Waals surface area contributed by atoms with E-state index in [0.29, 0.717) is 6.04 Å². The van der Waals surface area contributed by atoms with Gasteiger partial charge in [-0.05, 0) is 51.1 Å². The second-order valence-corrected chi connectivity index (χ2v) is 6.11. The molecule has 0 aliphatic carbocycles. The second-order valence-electron chi connectivity index (χ2n) is 6.11. The van der Waals surface area contributed by atoms with E-state index in [-0.39, 0.29) is 0 Å². The van der Waals surface area contributed by atoms with Gasteiger partial charge in [-0.2, -0.15) is 0 Å². The van der Waals surface area contributed by atoms with Gasteiger partial charge in [0, 0.05) is 6.04 Å². The smallest absolute Gasteiger partial charge is 0.00104 e. The summed E-state index contributed by atoms with van der Waals surface area (Å²) in [6.07, 6.45) is 7.80. The fourth-order valence-corrected chi connectivity index (χ4v) is 2.04. The third-order valence-electron chi connectivity index (χ3n) is 3.23. The van der Waals surface area contributed by atoms with Gasteiger partial charge in [-0.25, -0.2) is 0 Å².